The minimum Gasteiger partial charge on any atom is -0.544 e. The van der Waals surface area contributed by atoms with Crippen molar-refractivity contribution in [1.82, 2.24) is 0 Å². The van der Waals surface area contributed by atoms with Crippen molar-refractivity contribution in [2.75, 3.05) is 0 Å². The van der Waals surface area contributed by atoms with Gasteiger partial charge >= 0.3 is 34.8 Å². The number of hydrogen-bond acceptors (Lipinski definition) is 4. The predicted octanol–water partition coefficient (Wildman–Crippen LogP) is 1.51. The van der Waals surface area contributed by atoms with Gasteiger partial charge in [0.05, 0.1) is 0 Å². The van der Waals surface area contributed by atoms with E-state index in [0.717, 1.165) is 0 Å². The molecule has 0 heterocycles. The fourth-order valence-corrected chi connectivity index (χ4v) is 1.87. The molecule has 0 bridgehead atoms. The van der Waals surface area contributed by atoms with E-state index in [1.807, 2.05) is 0 Å². The monoisotopic (exact) mass is 413 g/mol. The van der Waals surface area contributed by atoms with E-state index in [2.05, 4.69) is 0 Å². The van der Waals surface area contributed by atoms with E-state index in [9.17, 15) is 46.1 Å². The first kappa shape index (κ1) is 25.3. The van der Waals surface area contributed by atoms with Crippen molar-refractivity contribution in [1.29, 1.82) is 0 Å². The molecule has 0 aromatic heterocycles. The molecule has 1 saturated carbocycles. The van der Waals surface area contributed by atoms with Crippen LogP contribution in [0, 0.1) is 0 Å². The van der Waals surface area contributed by atoms with E-state index >= 15 is 0 Å². The molecule has 0 amide bonds. The minimum atomic E-state index is -6.66. The van der Waals surface area contributed by atoms with Gasteiger partial charge in [-0.25, -0.2) is 0 Å². The van der Waals surface area contributed by atoms with Gasteiger partial charge < -0.3 is 19.8 Å². The summed E-state index contributed by atoms with van der Waals surface area (Å²) in [4.78, 5) is 18.9. The topological polar surface area (TPSA) is 80.3 Å². The van der Waals surface area contributed by atoms with Crippen molar-refractivity contribution in [2.24, 2.45) is 0 Å². The summed E-state index contributed by atoms with van der Waals surface area (Å²) in [5.41, 5.74) is 0. The molecule has 0 atom stereocenters. The van der Waals surface area contributed by atoms with Crippen molar-refractivity contribution in [3.8, 4) is 0 Å². The van der Waals surface area contributed by atoms with Crippen LogP contribution in [0.5, 0.6) is 0 Å². The van der Waals surface area contributed by atoms with E-state index in [4.69, 9.17) is 0 Å². The van der Waals surface area contributed by atoms with Gasteiger partial charge in [0.25, 0.3) is 0 Å². The van der Waals surface area contributed by atoms with E-state index in [1.54, 1.807) is 0 Å². The van der Waals surface area contributed by atoms with Gasteiger partial charge in [-0.15, -0.1) is 0 Å². The van der Waals surface area contributed by atoms with E-state index in [-0.39, 0.29) is 17.1 Å². The maximum absolute atomic E-state index is 12.1. The summed E-state index contributed by atoms with van der Waals surface area (Å²) in [7, 11) is 0. The standard InChI is InChI=1S/C8H16.C5H2F6O4.Cu/c1-2-4-6-8-7-5-3-1;6-3(7,1(12)13)5(10,11)4(8,9)2(14)15;/h1-8H2;(H,12,13)(H,14,15);/q;;+2/p-2. The van der Waals surface area contributed by atoms with E-state index in [0.29, 0.717) is 0 Å². The molecule has 145 valence electrons. The van der Waals surface area contributed by atoms with Crippen LogP contribution in [0.4, 0.5) is 26.3 Å². The van der Waals surface area contributed by atoms with Crippen molar-refractivity contribution in [2.45, 2.75) is 69.1 Å². The van der Waals surface area contributed by atoms with Crippen LogP contribution in [-0.2, 0) is 26.7 Å². The molecule has 1 rings (SSSR count). The Labute approximate surface area is 145 Å². The molecule has 11 heteroatoms. The van der Waals surface area contributed by atoms with Gasteiger partial charge in [0.2, 0.25) is 0 Å². The van der Waals surface area contributed by atoms with Crippen LogP contribution in [0.1, 0.15) is 51.4 Å². The molecule has 1 aliphatic rings. The second kappa shape index (κ2) is 10.1. The average molecular weight is 414 g/mol. The van der Waals surface area contributed by atoms with Crippen molar-refractivity contribution in [3.05, 3.63) is 0 Å². The molecule has 0 aliphatic heterocycles. The summed E-state index contributed by atoms with van der Waals surface area (Å²) in [5.74, 6) is -27.0. The second-order valence-corrected chi connectivity index (χ2v) is 5.13. The number of carbonyl (C=O) groups excluding carboxylic acids is 2. The Morgan fingerprint density at radius 1 is 0.583 bits per heavy atom. The Hall–Kier alpha value is -0.961. The van der Waals surface area contributed by atoms with Crippen LogP contribution in [0.3, 0.4) is 0 Å². The fraction of sp³-hybridized carbons (Fsp3) is 0.846. The number of alkyl halides is 6. The fourth-order valence-electron chi connectivity index (χ4n) is 1.87. The van der Waals surface area contributed by atoms with Crippen molar-refractivity contribution < 1.29 is 63.2 Å². The summed E-state index contributed by atoms with van der Waals surface area (Å²) in [6.07, 6.45) is 12.0. The number of carboxylic acid groups (broad SMARTS) is 2. The molecule has 0 spiro atoms. The number of carbonyl (C=O) groups is 2. The van der Waals surface area contributed by atoms with Gasteiger partial charge in [0.15, 0.2) is 0 Å². The summed E-state index contributed by atoms with van der Waals surface area (Å²) in [5, 5.41) is 18.9. The first-order valence-electron chi connectivity index (χ1n) is 6.95. The van der Waals surface area contributed by atoms with Crippen LogP contribution in [-0.4, -0.2) is 29.7 Å². The summed E-state index contributed by atoms with van der Waals surface area (Å²) in [6.45, 7) is 0. The molecular weight excluding hydrogens is 398 g/mol. The molecule has 0 unspecified atom stereocenters. The molecule has 0 N–H and O–H groups in total. The Morgan fingerprint density at radius 2 is 0.750 bits per heavy atom. The van der Waals surface area contributed by atoms with Crippen molar-refractivity contribution in [3.63, 3.8) is 0 Å². The zero-order chi connectivity index (χ0) is 18.3. The number of halogens is 6. The Bertz CT molecular complexity index is 365. The molecule has 4 nitrogen and oxygen atoms in total. The molecule has 0 saturated heterocycles. The Kier molecular flexibility index (Phi) is 10.7. The molecule has 1 radical (unpaired) electrons. The number of aliphatic carboxylic acids is 2. The van der Waals surface area contributed by atoms with Crippen LogP contribution in [0.2, 0.25) is 0 Å². The SMILES string of the molecule is C1CCCCCCC1.O=C([O-])C(F)(F)C(F)(F)C(F)(F)C(=O)[O-].[Cu+2]. The number of hydrogen-bond donors (Lipinski definition) is 0. The molecular formula is C13H16CuF6O4. The van der Waals surface area contributed by atoms with Crippen LogP contribution < -0.4 is 10.2 Å². The van der Waals surface area contributed by atoms with Crippen molar-refractivity contribution >= 4 is 11.9 Å². The summed E-state index contributed by atoms with van der Waals surface area (Å²) < 4.78 is 72.3. The second-order valence-electron chi connectivity index (χ2n) is 5.13. The largest absolute Gasteiger partial charge is 2.00 e. The third kappa shape index (κ3) is 6.16. The number of rotatable bonds is 4. The third-order valence-electron chi connectivity index (χ3n) is 3.30. The van der Waals surface area contributed by atoms with Gasteiger partial charge in [-0.05, 0) is 0 Å². The normalized spacial score (nSPS) is 16.6. The smallest absolute Gasteiger partial charge is 0.544 e. The molecule has 1 fully saturated rings. The van der Waals surface area contributed by atoms with E-state index in [1.165, 1.54) is 51.4 Å². The summed E-state index contributed by atoms with van der Waals surface area (Å²) in [6, 6.07) is 0. The first-order valence-corrected chi connectivity index (χ1v) is 6.95. The zero-order valence-corrected chi connectivity index (χ0v) is 13.3. The Balaban J connectivity index is 0. The maximum atomic E-state index is 12.1. The van der Waals surface area contributed by atoms with Crippen LogP contribution in [0.25, 0.3) is 0 Å². The predicted molar refractivity (Wildman–Crippen MR) is 61.8 cm³/mol. The molecule has 1 aliphatic carbocycles. The van der Waals surface area contributed by atoms with Crippen LogP contribution in [0.15, 0.2) is 0 Å². The van der Waals surface area contributed by atoms with Gasteiger partial charge in [-0.3, -0.25) is 0 Å². The van der Waals surface area contributed by atoms with Gasteiger partial charge in [-0.1, -0.05) is 51.4 Å². The molecule has 24 heavy (non-hydrogen) atoms. The van der Waals surface area contributed by atoms with E-state index < -0.39 is 29.7 Å². The summed E-state index contributed by atoms with van der Waals surface area (Å²) >= 11 is 0. The van der Waals surface area contributed by atoms with Gasteiger partial charge in [0.1, 0.15) is 11.9 Å². The first-order chi connectivity index (χ1) is 10.4. The minimum absolute atomic E-state index is 0. The Morgan fingerprint density at radius 3 is 0.875 bits per heavy atom. The van der Waals surface area contributed by atoms with Gasteiger partial charge in [0, 0.05) is 0 Å². The number of carboxylic acids is 2. The zero-order valence-electron chi connectivity index (χ0n) is 12.4. The van der Waals surface area contributed by atoms with Gasteiger partial charge in [-0.2, -0.15) is 26.3 Å². The van der Waals surface area contributed by atoms with Crippen LogP contribution >= 0.6 is 0 Å². The molecule has 0 aromatic rings. The average Bonchev–Trinajstić information content (AvgIpc) is 2.37. The maximum Gasteiger partial charge on any atom is 2.00 e. The third-order valence-corrected chi connectivity index (χ3v) is 3.30. The molecule has 0 aromatic carbocycles. The quantitative estimate of drug-likeness (QED) is 0.517.